The van der Waals surface area contributed by atoms with Crippen LogP contribution in [0.2, 0.25) is 5.02 Å². The molecule has 1 aromatic carbocycles. The second-order valence-corrected chi connectivity index (χ2v) is 7.21. The minimum atomic E-state index is 0. The Morgan fingerprint density at radius 2 is 2.24 bits per heavy atom. The van der Waals surface area contributed by atoms with Gasteiger partial charge in [0.25, 0.3) is 0 Å². The molecule has 4 nitrogen and oxygen atoms in total. The fraction of sp³-hybridized carbons (Fsp3) is 0.389. The highest BCUT2D eigenvalue weighted by atomic mass is 35.5. The minimum absolute atomic E-state index is 0. The van der Waals surface area contributed by atoms with E-state index in [0.717, 1.165) is 40.7 Å². The van der Waals surface area contributed by atoms with Crippen molar-refractivity contribution in [1.82, 2.24) is 10.2 Å². The second-order valence-electron chi connectivity index (χ2n) is 5.78. The third-order valence-electron chi connectivity index (χ3n) is 4.27. The van der Waals surface area contributed by atoms with Crippen LogP contribution in [0.4, 0.5) is 0 Å². The zero-order chi connectivity index (χ0) is 16.9. The molecule has 1 fully saturated rings. The average Bonchev–Trinajstić information content (AvgIpc) is 3.05. The summed E-state index contributed by atoms with van der Waals surface area (Å²) in [6.45, 7) is 2.28. The molecule has 1 unspecified atom stereocenters. The van der Waals surface area contributed by atoms with Crippen LogP contribution in [0.5, 0.6) is 5.75 Å². The Kier molecular flexibility index (Phi) is 7.56. The lowest BCUT2D eigenvalue weighted by Gasteiger charge is -2.37. The van der Waals surface area contributed by atoms with E-state index < -0.39 is 0 Å². The van der Waals surface area contributed by atoms with Gasteiger partial charge in [0.2, 0.25) is 5.91 Å². The average molecular weight is 401 g/mol. The van der Waals surface area contributed by atoms with Crippen LogP contribution < -0.4 is 10.1 Å². The van der Waals surface area contributed by atoms with E-state index in [1.807, 2.05) is 40.6 Å². The number of thiophene rings is 1. The predicted molar refractivity (Wildman–Crippen MR) is 105 cm³/mol. The molecule has 0 radical (unpaired) electrons. The van der Waals surface area contributed by atoms with Crippen molar-refractivity contribution in [3.8, 4) is 5.75 Å². The summed E-state index contributed by atoms with van der Waals surface area (Å²) < 4.78 is 5.48. The maximum absolute atomic E-state index is 12.8. The molecule has 2 heterocycles. The number of methoxy groups -OCH3 is 1. The molecule has 7 heteroatoms. The number of carbonyl (C=O) groups excluding carboxylic acids is 1. The number of hydrogen-bond donors (Lipinski definition) is 1. The lowest BCUT2D eigenvalue weighted by molar-refractivity contribution is -0.134. The number of nitrogens with zero attached hydrogens (tertiary/aromatic N) is 1. The van der Waals surface area contributed by atoms with Gasteiger partial charge in [-0.2, -0.15) is 0 Å². The van der Waals surface area contributed by atoms with Crippen LogP contribution in [0.3, 0.4) is 0 Å². The molecule has 1 aliphatic rings. The van der Waals surface area contributed by atoms with Gasteiger partial charge in [-0.05, 0) is 18.6 Å². The van der Waals surface area contributed by atoms with Crippen LogP contribution >= 0.6 is 35.3 Å². The van der Waals surface area contributed by atoms with Crippen LogP contribution in [-0.2, 0) is 11.2 Å². The number of hydrogen-bond acceptors (Lipinski definition) is 4. The molecule has 1 aliphatic heterocycles. The van der Waals surface area contributed by atoms with Gasteiger partial charge in [-0.15, -0.1) is 23.7 Å². The number of para-hydroxylation sites is 1. The molecule has 0 bridgehead atoms. The highest BCUT2D eigenvalue weighted by molar-refractivity contribution is 7.10. The molecule has 0 aliphatic carbocycles. The van der Waals surface area contributed by atoms with E-state index in [1.165, 1.54) is 0 Å². The van der Waals surface area contributed by atoms with Gasteiger partial charge in [0, 0.05) is 41.9 Å². The van der Waals surface area contributed by atoms with E-state index in [1.54, 1.807) is 18.4 Å². The largest absolute Gasteiger partial charge is 0.496 e. The summed E-state index contributed by atoms with van der Waals surface area (Å²) in [4.78, 5) is 15.9. The van der Waals surface area contributed by atoms with Crippen LogP contribution in [0, 0.1) is 0 Å². The fourth-order valence-corrected chi connectivity index (χ4v) is 4.16. The van der Waals surface area contributed by atoms with E-state index in [-0.39, 0.29) is 24.4 Å². The number of rotatable bonds is 5. The van der Waals surface area contributed by atoms with Crippen molar-refractivity contribution in [3.05, 3.63) is 51.2 Å². The summed E-state index contributed by atoms with van der Waals surface area (Å²) in [6, 6.07) is 9.87. The van der Waals surface area contributed by atoms with Crippen molar-refractivity contribution >= 4 is 41.3 Å². The summed E-state index contributed by atoms with van der Waals surface area (Å²) in [5, 5.41) is 6.04. The first-order valence-electron chi connectivity index (χ1n) is 8.05. The molecule has 3 rings (SSSR count). The van der Waals surface area contributed by atoms with Crippen molar-refractivity contribution in [2.45, 2.75) is 18.9 Å². The number of halogens is 2. The van der Waals surface area contributed by atoms with E-state index in [2.05, 4.69) is 5.32 Å². The Balaban J connectivity index is 0.00000225. The van der Waals surface area contributed by atoms with E-state index in [0.29, 0.717) is 13.0 Å². The minimum Gasteiger partial charge on any atom is -0.496 e. The van der Waals surface area contributed by atoms with Gasteiger partial charge in [0.1, 0.15) is 5.75 Å². The van der Waals surface area contributed by atoms with Crippen molar-refractivity contribution < 1.29 is 9.53 Å². The van der Waals surface area contributed by atoms with Crippen molar-refractivity contribution in [1.29, 1.82) is 0 Å². The quantitative estimate of drug-likeness (QED) is 0.825. The Labute approximate surface area is 163 Å². The Morgan fingerprint density at radius 3 is 2.96 bits per heavy atom. The van der Waals surface area contributed by atoms with E-state index in [9.17, 15) is 4.79 Å². The molecule has 1 aromatic heterocycles. The monoisotopic (exact) mass is 400 g/mol. The van der Waals surface area contributed by atoms with Gasteiger partial charge in [-0.25, -0.2) is 0 Å². The molecule has 1 atom stereocenters. The number of carbonyl (C=O) groups is 1. The summed E-state index contributed by atoms with van der Waals surface area (Å²) in [7, 11) is 1.67. The first-order valence-corrected chi connectivity index (χ1v) is 9.31. The van der Waals surface area contributed by atoms with Gasteiger partial charge in [-0.1, -0.05) is 29.8 Å². The molecule has 0 spiro atoms. The molecule has 1 saturated heterocycles. The van der Waals surface area contributed by atoms with Crippen molar-refractivity contribution in [3.63, 3.8) is 0 Å². The zero-order valence-corrected chi connectivity index (χ0v) is 16.4. The third kappa shape index (κ3) is 4.88. The van der Waals surface area contributed by atoms with Gasteiger partial charge in [-0.3, -0.25) is 4.79 Å². The molecular formula is C18H22Cl2N2O2S. The highest BCUT2D eigenvalue weighted by Gasteiger charge is 2.29. The van der Waals surface area contributed by atoms with Crippen LogP contribution in [0.25, 0.3) is 0 Å². The topological polar surface area (TPSA) is 41.6 Å². The number of piperazine rings is 1. The summed E-state index contributed by atoms with van der Waals surface area (Å²) in [5.41, 5.74) is 1.06. The standard InChI is InChI=1S/C18H21ClN2O2S.ClH/c1-23-17-5-3-2-4-15(17)16-11-20-8-9-21(16)18(22)7-6-14-10-13(19)12-24-14;/h2-5,10,12,16,20H,6-9,11H2,1H3;1H. The van der Waals surface area contributed by atoms with Gasteiger partial charge >= 0.3 is 0 Å². The lowest BCUT2D eigenvalue weighted by Crippen LogP contribution is -2.48. The normalized spacial score (nSPS) is 17.0. The predicted octanol–water partition coefficient (Wildman–Crippen LogP) is 3.94. The van der Waals surface area contributed by atoms with Crippen LogP contribution in [0.1, 0.15) is 22.9 Å². The Morgan fingerprint density at radius 1 is 1.44 bits per heavy atom. The maximum atomic E-state index is 12.8. The van der Waals surface area contributed by atoms with Gasteiger partial charge < -0.3 is 15.0 Å². The second kappa shape index (κ2) is 9.43. The number of benzene rings is 1. The number of amides is 1. The molecule has 1 amide bonds. The van der Waals surface area contributed by atoms with E-state index in [4.69, 9.17) is 16.3 Å². The molecule has 2 aromatic rings. The first kappa shape index (κ1) is 20.0. The van der Waals surface area contributed by atoms with Crippen LogP contribution in [-0.4, -0.2) is 37.6 Å². The first-order chi connectivity index (χ1) is 11.7. The Bertz CT molecular complexity index is 708. The highest BCUT2D eigenvalue weighted by Crippen LogP contribution is 2.31. The molecule has 136 valence electrons. The fourth-order valence-electron chi connectivity index (χ4n) is 3.08. The number of nitrogens with one attached hydrogen (secondary N) is 1. The van der Waals surface area contributed by atoms with Crippen molar-refractivity contribution in [2.75, 3.05) is 26.7 Å². The van der Waals surface area contributed by atoms with E-state index >= 15 is 0 Å². The number of aryl methyl sites for hydroxylation is 1. The maximum Gasteiger partial charge on any atom is 0.223 e. The third-order valence-corrected chi connectivity index (χ3v) is 5.61. The molecule has 25 heavy (non-hydrogen) atoms. The summed E-state index contributed by atoms with van der Waals surface area (Å²) >= 11 is 7.56. The SMILES string of the molecule is COc1ccccc1C1CNCCN1C(=O)CCc1cc(Cl)cs1.Cl. The zero-order valence-electron chi connectivity index (χ0n) is 14.0. The smallest absolute Gasteiger partial charge is 0.223 e. The Hall–Kier alpha value is -1.27. The van der Waals surface area contributed by atoms with Crippen molar-refractivity contribution in [2.24, 2.45) is 0 Å². The summed E-state index contributed by atoms with van der Waals surface area (Å²) in [6.07, 6.45) is 1.24. The molecule has 0 saturated carbocycles. The van der Waals surface area contributed by atoms with Crippen LogP contribution in [0.15, 0.2) is 35.7 Å². The lowest BCUT2D eigenvalue weighted by atomic mass is 10.0. The number of ether oxygens (including phenoxy) is 1. The van der Waals surface area contributed by atoms with Gasteiger partial charge in [0.05, 0.1) is 18.2 Å². The molecule has 1 N–H and O–H groups in total. The van der Waals surface area contributed by atoms with Gasteiger partial charge in [0.15, 0.2) is 0 Å². The molecular weight excluding hydrogens is 379 g/mol. The summed E-state index contributed by atoms with van der Waals surface area (Å²) in [5.74, 6) is 1.01.